The SMILES string of the molecule is CCOC(=O)c1csc(SCC)n1.O=CC1CCC(Cl)C1. The number of carbonyl (C=O) groups excluding carboxylic acids is 2. The van der Waals surface area contributed by atoms with Gasteiger partial charge in [0, 0.05) is 16.7 Å². The normalized spacial score (nSPS) is 20.5. The van der Waals surface area contributed by atoms with Crippen LogP contribution in [0.4, 0.5) is 0 Å². The van der Waals surface area contributed by atoms with Crippen molar-refractivity contribution in [1.82, 2.24) is 4.98 Å². The molecule has 0 aromatic carbocycles. The van der Waals surface area contributed by atoms with Crippen molar-refractivity contribution in [2.24, 2.45) is 5.92 Å². The Labute approximate surface area is 138 Å². The number of nitrogens with zero attached hydrogens (tertiary/aromatic N) is 1. The van der Waals surface area contributed by atoms with Crippen molar-refractivity contribution in [1.29, 1.82) is 0 Å². The largest absolute Gasteiger partial charge is 0.461 e. The smallest absolute Gasteiger partial charge is 0.357 e. The lowest BCUT2D eigenvalue weighted by Gasteiger charge is -1.95. The summed E-state index contributed by atoms with van der Waals surface area (Å²) in [6.07, 6.45) is 3.93. The van der Waals surface area contributed by atoms with Gasteiger partial charge in [0.05, 0.1) is 6.61 Å². The number of thiazole rings is 1. The fourth-order valence-corrected chi connectivity index (χ4v) is 3.88. The lowest BCUT2D eigenvalue weighted by Crippen LogP contribution is -2.04. The standard InChI is InChI=1S/C8H11NO2S2.C6H9ClO/c1-3-11-7(10)6-5-13-8(9-6)12-4-2;7-6-2-1-5(3-6)4-8/h5H,3-4H2,1-2H3;4-6H,1-3H2. The molecule has 2 unspecified atom stereocenters. The lowest BCUT2D eigenvalue weighted by atomic mass is 10.1. The van der Waals surface area contributed by atoms with Gasteiger partial charge in [-0.1, -0.05) is 18.7 Å². The van der Waals surface area contributed by atoms with Crippen LogP contribution in [0.1, 0.15) is 43.6 Å². The maximum atomic E-state index is 11.2. The highest BCUT2D eigenvalue weighted by molar-refractivity contribution is 8.00. The molecule has 0 saturated heterocycles. The van der Waals surface area contributed by atoms with Gasteiger partial charge in [0.15, 0.2) is 10.0 Å². The molecule has 1 fully saturated rings. The van der Waals surface area contributed by atoms with Crippen LogP contribution >= 0.6 is 34.7 Å². The molecular formula is C14H20ClNO3S2. The lowest BCUT2D eigenvalue weighted by molar-refractivity contribution is -0.110. The highest BCUT2D eigenvalue weighted by atomic mass is 35.5. The second-order valence-electron chi connectivity index (χ2n) is 4.46. The van der Waals surface area contributed by atoms with Crippen molar-refractivity contribution in [2.75, 3.05) is 12.4 Å². The Morgan fingerprint density at radius 3 is 2.81 bits per heavy atom. The summed E-state index contributed by atoms with van der Waals surface area (Å²) in [6, 6.07) is 0. The molecule has 1 heterocycles. The second kappa shape index (κ2) is 10.2. The van der Waals surface area contributed by atoms with Crippen LogP contribution in [0.15, 0.2) is 9.72 Å². The summed E-state index contributed by atoms with van der Waals surface area (Å²) in [5.74, 6) is 0.898. The Morgan fingerprint density at radius 2 is 2.33 bits per heavy atom. The molecule has 0 spiro atoms. The van der Waals surface area contributed by atoms with Crippen LogP contribution in [0.25, 0.3) is 0 Å². The zero-order valence-corrected chi connectivity index (χ0v) is 14.6. The van der Waals surface area contributed by atoms with Gasteiger partial charge in [0.2, 0.25) is 0 Å². The third-order valence-electron chi connectivity index (χ3n) is 2.84. The van der Waals surface area contributed by atoms with Gasteiger partial charge in [-0.15, -0.1) is 22.9 Å². The van der Waals surface area contributed by atoms with E-state index in [-0.39, 0.29) is 17.3 Å². The molecule has 21 heavy (non-hydrogen) atoms. The van der Waals surface area contributed by atoms with Crippen molar-refractivity contribution in [3.8, 4) is 0 Å². The fourth-order valence-electron chi connectivity index (χ4n) is 1.83. The molecule has 0 aliphatic heterocycles. The Morgan fingerprint density at radius 1 is 1.57 bits per heavy atom. The molecule has 118 valence electrons. The highest BCUT2D eigenvalue weighted by Gasteiger charge is 2.21. The number of aromatic nitrogens is 1. The summed E-state index contributed by atoms with van der Waals surface area (Å²) in [5.41, 5.74) is 0.419. The number of hydrogen-bond acceptors (Lipinski definition) is 6. The van der Waals surface area contributed by atoms with E-state index < -0.39 is 0 Å². The van der Waals surface area contributed by atoms with E-state index in [0.29, 0.717) is 12.3 Å². The fraction of sp³-hybridized carbons (Fsp3) is 0.643. The van der Waals surface area contributed by atoms with E-state index in [0.717, 1.165) is 35.6 Å². The third-order valence-corrected chi connectivity index (χ3v) is 5.14. The number of hydrogen-bond donors (Lipinski definition) is 0. The summed E-state index contributed by atoms with van der Waals surface area (Å²) < 4.78 is 5.74. The number of esters is 1. The van der Waals surface area contributed by atoms with E-state index in [2.05, 4.69) is 11.9 Å². The Balaban J connectivity index is 0.000000235. The predicted octanol–water partition coefficient (Wildman–Crippen LogP) is 4.02. The minimum atomic E-state index is -0.332. The van der Waals surface area contributed by atoms with Crippen LogP contribution in [0.2, 0.25) is 0 Å². The van der Waals surface area contributed by atoms with E-state index in [1.54, 1.807) is 24.1 Å². The molecular weight excluding hydrogens is 330 g/mol. The Hall–Kier alpha value is -0.590. The average molecular weight is 350 g/mol. The molecule has 1 aromatic rings. The first kappa shape index (κ1) is 18.5. The van der Waals surface area contributed by atoms with E-state index in [1.165, 1.54) is 11.3 Å². The maximum Gasteiger partial charge on any atom is 0.357 e. The average Bonchev–Trinajstić information content (AvgIpc) is 3.09. The number of ether oxygens (including phenoxy) is 1. The number of alkyl halides is 1. The van der Waals surface area contributed by atoms with E-state index in [1.807, 2.05) is 0 Å². The van der Waals surface area contributed by atoms with Gasteiger partial charge in [-0.2, -0.15) is 0 Å². The third kappa shape index (κ3) is 6.80. The topological polar surface area (TPSA) is 56.3 Å². The van der Waals surface area contributed by atoms with Gasteiger partial charge in [-0.25, -0.2) is 9.78 Å². The number of carbonyl (C=O) groups is 2. The van der Waals surface area contributed by atoms with Crippen LogP contribution < -0.4 is 0 Å². The van der Waals surface area contributed by atoms with E-state index in [4.69, 9.17) is 16.3 Å². The molecule has 0 bridgehead atoms. The molecule has 0 amide bonds. The summed E-state index contributed by atoms with van der Waals surface area (Å²) in [6.45, 7) is 4.23. The van der Waals surface area contributed by atoms with Gasteiger partial charge >= 0.3 is 5.97 Å². The van der Waals surface area contributed by atoms with Crippen LogP contribution in [0.5, 0.6) is 0 Å². The first-order valence-electron chi connectivity index (χ1n) is 6.95. The van der Waals surface area contributed by atoms with Crippen LogP contribution in [-0.4, -0.2) is 35.0 Å². The first-order valence-corrected chi connectivity index (χ1v) is 9.25. The van der Waals surface area contributed by atoms with Crippen LogP contribution in [-0.2, 0) is 9.53 Å². The minimum Gasteiger partial charge on any atom is -0.461 e. The minimum absolute atomic E-state index is 0.262. The molecule has 4 nitrogen and oxygen atoms in total. The van der Waals surface area contributed by atoms with Gasteiger partial charge in [-0.05, 0) is 31.9 Å². The summed E-state index contributed by atoms with van der Waals surface area (Å²) >= 11 is 8.84. The van der Waals surface area contributed by atoms with Gasteiger partial charge < -0.3 is 9.53 Å². The van der Waals surface area contributed by atoms with Crippen molar-refractivity contribution >= 4 is 47.0 Å². The van der Waals surface area contributed by atoms with Crippen LogP contribution in [0.3, 0.4) is 0 Å². The zero-order chi connectivity index (χ0) is 15.7. The molecule has 0 radical (unpaired) electrons. The number of rotatable bonds is 5. The van der Waals surface area contributed by atoms with Crippen LogP contribution in [0, 0.1) is 5.92 Å². The quantitative estimate of drug-likeness (QED) is 0.348. The monoisotopic (exact) mass is 349 g/mol. The molecule has 0 N–H and O–H groups in total. The molecule has 1 saturated carbocycles. The van der Waals surface area contributed by atoms with E-state index >= 15 is 0 Å². The van der Waals surface area contributed by atoms with Crippen molar-refractivity contribution in [3.63, 3.8) is 0 Å². The number of thioether (sulfide) groups is 1. The molecule has 7 heteroatoms. The summed E-state index contributed by atoms with van der Waals surface area (Å²) in [7, 11) is 0. The van der Waals surface area contributed by atoms with Gasteiger partial charge in [0.25, 0.3) is 0 Å². The van der Waals surface area contributed by atoms with Crippen molar-refractivity contribution in [3.05, 3.63) is 11.1 Å². The summed E-state index contributed by atoms with van der Waals surface area (Å²) in [5, 5.41) is 2.00. The molecule has 2 atom stereocenters. The van der Waals surface area contributed by atoms with Gasteiger partial charge in [0.1, 0.15) is 6.29 Å². The molecule has 1 aliphatic rings. The zero-order valence-electron chi connectivity index (χ0n) is 12.2. The van der Waals surface area contributed by atoms with Gasteiger partial charge in [-0.3, -0.25) is 0 Å². The molecule has 1 aliphatic carbocycles. The molecule has 2 rings (SSSR count). The first-order chi connectivity index (χ1) is 10.1. The number of aldehydes is 1. The number of halogens is 1. The maximum absolute atomic E-state index is 11.2. The van der Waals surface area contributed by atoms with E-state index in [9.17, 15) is 9.59 Å². The van der Waals surface area contributed by atoms with Crippen molar-refractivity contribution < 1.29 is 14.3 Å². The highest BCUT2D eigenvalue weighted by Crippen LogP contribution is 2.27. The molecule has 1 aromatic heterocycles. The Bertz CT molecular complexity index is 453. The summed E-state index contributed by atoms with van der Waals surface area (Å²) in [4.78, 5) is 25.4. The van der Waals surface area contributed by atoms with Crippen molar-refractivity contribution in [2.45, 2.75) is 42.8 Å². The second-order valence-corrected chi connectivity index (χ2v) is 7.45. The predicted molar refractivity (Wildman–Crippen MR) is 87.5 cm³/mol. The Kier molecular flexibility index (Phi) is 8.96.